The first-order valence-corrected chi connectivity index (χ1v) is 11.3. The minimum Gasteiger partial charge on any atom is -0.489 e. The Balaban J connectivity index is 1.73. The van der Waals surface area contributed by atoms with Gasteiger partial charge in [0.25, 0.3) is 0 Å². The second-order valence-corrected chi connectivity index (χ2v) is 10.2. The fourth-order valence-electron chi connectivity index (χ4n) is 6.15. The van der Waals surface area contributed by atoms with Crippen LogP contribution in [0.3, 0.4) is 0 Å². The zero-order valence-corrected chi connectivity index (χ0v) is 18.5. The van der Waals surface area contributed by atoms with E-state index in [2.05, 4.69) is 64.1 Å². The SMILES string of the molecule is CC(C)c1cc2c(cc1OCc1ccccc1)[C@@]1(C)CCC[C@](C)(CO)[C@@H]1CC2. The molecular formula is C27H36O2. The molecule has 1 N–H and O–H groups in total. The molecule has 2 nitrogen and oxygen atoms in total. The molecule has 0 amide bonds. The van der Waals surface area contributed by atoms with Gasteiger partial charge in [0.15, 0.2) is 0 Å². The zero-order valence-electron chi connectivity index (χ0n) is 18.5. The lowest BCUT2D eigenvalue weighted by molar-refractivity contribution is -0.0180. The van der Waals surface area contributed by atoms with E-state index in [0.29, 0.717) is 25.0 Å². The predicted octanol–water partition coefficient (Wildman–Crippen LogP) is 6.39. The summed E-state index contributed by atoms with van der Waals surface area (Å²) in [6.07, 6.45) is 5.84. The van der Waals surface area contributed by atoms with Crippen molar-refractivity contribution < 1.29 is 9.84 Å². The summed E-state index contributed by atoms with van der Waals surface area (Å²) in [5.74, 6) is 2.01. The van der Waals surface area contributed by atoms with Gasteiger partial charge < -0.3 is 9.84 Å². The molecule has 2 aliphatic carbocycles. The van der Waals surface area contributed by atoms with Gasteiger partial charge in [0.05, 0.1) is 0 Å². The summed E-state index contributed by atoms with van der Waals surface area (Å²) in [7, 11) is 0. The normalized spacial score (nSPS) is 28.7. The first kappa shape index (κ1) is 20.5. The van der Waals surface area contributed by atoms with Crippen LogP contribution in [0.5, 0.6) is 5.75 Å². The Labute approximate surface area is 176 Å². The van der Waals surface area contributed by atoms with Gasteiger partial charge in [-0.2, -0.15) is 0 Å². The van der Waals surface area contributed by atoms with Crippen LogP contribution in [0.2, 0.25) is 0 Å². The van der Waals surface area contributed by atoms with E-state index in [1.54, 1.807) is 0 Å². The van der Waals surface area contributed by atoms with Crippen molar-refractivity contribution >= 4 is 0 Å². The third kappa shape index (κ3) is 3.61. The van der Waals surface area contributed by atoms with Crippen molar-refractivity contribution in [2.24, 2.45) is 11.3 Å². The molecule has 0 bridgehead atoms. The third-order valence-electron chi connectivity index (χ3n) is 7.83. The summed E-state index contributed by atoms with van der Waals surface area (Å²) >= 11 is 0. The highest BCUT2D eigenvalue weighted by Crippen LogP contribution is 2.57. The molecule has 2 aromatic rings. The maximum Gasteiger partial charge on any atom is 0.123 e. The summed E-state index contributed by atoms with van der Waals surface area (Å²) < 4.78 is 6.40. The van der Waals surface area contributed by atoms with Crippen molar-refractivity contribution in [2.75, 3.05) is 6.61 Å². The Morgan fingerprint density at radius 2 is 1.86 bits per heavy atom. The van der Waals surface area contributed by atoms with E-state index in [1.807, 2.05) is 6.07 Å². The minimum atomic E-state index is 0.0342. The van der Waals surface area contributed by atoms with Crippen molar-refractivity contribution in [1.29, 1.82) is 0 Å². The molecule has 0 aliphatic heterocycles. The lowest BCUT2D eigenvalue weighted by atomic mass is 9.50. The van der Waals surface area contributed by atoms with E-state index in [0.717, 1.165) is 18.6 Å². The van der Waals surface area contributed by atoms with Crippen molar-refractivity contribution in [2.45, 2.75) is 77.7 Å². The van der Waals surface area contributed by atoms with E-state index < -0.39 is 0 Å². The Morgan fingerprint density at radius 3 is 2.55 bits per heavy atom. The van der Waals surface area contributed by atoms with E-state index in [9.17, 15) is 5.11 Å². The predicted molar refractivity (Wildman–Crippen MR) is 120 cm³/mol. The number of hydrogen-bond donors (Lipinski definition) is 1. The molecule has 2 aromatic carbocycles. The molecule has 4 rings (SSSR count). The van der Waals surface area contributed by atoms with Crippen LogP contribution >= 0.6 is 0 Å². The number of aryl methyl sites for hydroxylation is 1. The van der Waals surface area contributed by atoms with Crippen LogP contribution in [0, 0.1) is 11.3 Å². The van der Waals surface area contributed by atoms with Gasteiger partial charge in [0.1, 0.15) is 12.4 Å². The summed E-state index contributed by atoms with van der Waals surface area (Å²) in [6.45, 7) is 10.2. The molecule has 156 valence electrons. The van der Waals surface area contributed by atoms with Gasteiger partial charge >= 0.3 is 0 Å². The number of fused-ring (bicyclic) bond motifs is 3. The standard InChI is InChI=1S/C27H36O2/c1-19(2)22-15-21-11-12-25-26(3,18-28)13-8-14-27(25,4)23(21)16-24(22)29-17-20-9-6-5-7-10-20/h5-7,9-10,15-16,19,25,28H,8,11-14,17-18H2,1-4H3/t25-,26+,27+/m0/s1. The molecule has 2 aliphatic rings. The molecule has 0 heterocycles. The quantitative estimate of drug-likeness (QED) is 0.639. The number of hydrogen-bond acceptors (Lipinski definition) is 2. The molecule has 2 heteroatoms. The fraction of sp³-hybridized carbons (Fsp3) is 0.556. The van der Waals surface area contributed by atoms with Gasteiger partial charge in [-0.05, 0) is 76.7 Å². The van der Waals surface area contributed by atoms with Crippen LogP contribution in [0.25, 0.3) is 0 Å². The summed E-state index contributed by atoms with van der Waals surface area (Å²) in [5.41, 5.74) is 5.66. The second-order valence-electron chi connectivity index (χ2n) is 10.2. The summed E-state index contributed by atoms with van der Waals surface area (Å²) in [5, 5.41) is 10.2. The Bertz CT molecular complexity index is 856. The van der Waals surface area contributed by atoms with Crippen LogP contribution < -0.4 is 4.74 Å². The van der Waals surface area contributed by atoms with Gasteiger partial charge in [-0.1, -0.05) is 70.5 Å². The van der Waals surface area contributed by atoms with Crippen molar-refractivity contribution in [1.82, 2.24) is 0 Å². The van der Waals surface area contributed by atoms with Crippen LogP contribution in [0.15, 0.2) is 42.5 Å². The van der Waals surface area contributed by atoms with Gasteiger partial charge in [0, 0.05) is 6.61 Å². The highest BCUT2D eigenvalue weighted by Gasteiger charge is 2.51. The lowest BCUT2D eigenvalue weighted by Crippen LogP contribution is -2.50. The highest BCUT2D eigenvalue weighted by atomic mass is 16.5. The average Bonchev–Trinajstić information content (AvgIpc) is 2.72. The zero-order chi connectivity index (χ0) is 20.6. The van der Waals surface area contributed by atoms with Crippen molar-refractivity contribution in [3.63, 3.8) is 0 Å². The van der Waals surface area contributed by atoms with Crippen LogP contribution in [-0.2, 0) is 18.4 Å². The number of ether oxygens (including phenoxy) is 1. The molecule has 0 saturated heterocycles. The smallest absolute Gasteiger partial charge is 0.123 e. The summed E-state index contributed by atoms with van der Waals surface area (Å²) in [4.78, 5) is 0. The van der Waals surface area contributed by atoms with Gasteiger partial charge in [-0.3, -0.25) is 0 Å². The molecule has 3 atom stereocenters. The summed E-state index contributed by atoms with van der Waals surface area (Å²) in [6, 6.07) is 15.2. The van der Waals surface area contributed by atoms with Crippen LogP contribution in [0.1, 0.15) is 81.5 Å². The molecule has 29 heavy (non-hydrogen) atoms. The van der Waals surface area contributed by atoms with E-state index in [1.165, 1.54) is 41.5 Å². The maximum absolute atomic E-state index is 10.2. The Kier molecular flexibility index (Phi) is 5.50. The first-order chi connectivity index (χ1) is 13.9. The van der Waals surface area contributed by atoms with Crippen molar-refractivity contribution in [3.8, 4) is 5.75 Å². The maximum atomic E-state index is 10.2. The molecule has 0 aromatic heterocycles. The number of aliphatic hydroxyl groups is 1. The average molecular weight is 393 g/mol. The largest absolute Gasteiger partial charge is 0.489 e. The number of aliphatic hydroxyl groups excluding tert-OH is 1. The molecule has 0 unspecified atom stereocenters. The topological polar surface area (TPSA) is 29.5 Å². The van der Waals surface area contributed by atoms with Crippen LogP contribution in [-0.4, -0.2) is 11.7 Å². The highest BCUT2D eigenvalue weighted by molar-refractivity contribution is 5.49. The minimum absolute atomic E-state index is 0.0342. The Hall–Kier alpha value is -1.80. The number of rotatable bonds is 5. The molecular weight excluding hydrogens is 356 g/mol. The second kappa shape index (κ2) is 7.80. The van der Waals surface area contributed by atoms with Crippen LogP contribution in [0.4, 0.5) is 0 Å². The number of benzene rings is 2. The van der Waals surface area contributed by atoms with Gasteiger partial charge in [-0.25, -0.2) is 0 Å². The first-order valence-electron chi connectivity index (χ1n) is 11.3. The van der Waals surface area contributed by atoms with Gasteiger partial charge in [-0.15, -0.1) is 0 Å². The third-order valence-corrected chi connectivity index (χ3v) is 7.83. The van der Waals surface area contributed by atoms with E-state index >= 15 is 0 Å². The van der Waals surface area contributed by atoms with Gasteiger partial charge in [0.2, 0.25) is 0 Å². The fourth-order valence-corrected chi connectivity index (χ4v) is 6.15. The van der Waals surface area contributed by atoms with E-state index in [-0.39, 0.29) is 10.8 Å². The van der Waals surface area contributed by atoms with E-state index in [4.69, 9.17) is 4.74 Å². The molecule has 1 fully saturated rings. The Morgan fingerprint density at radius 1 is 1.10 bits per heavy atom. The molecule has 0 radical (unpaired) electrons. The van der Waals surface area contributed by atoms with Crippen molar-refractivity contribution in [3.05, 3.63) is 64.7 Å². The molecule has 1 saturated carbocycles. The monoisotopic (exact) mass is 392 g/mol. The molecule has 0 spiro atoms. The lowest BCUT2D eigenvalue weighted by Gasteiger charge is -2.55.